The number of sulfonamides is 1. The van der Waals surface area contributed by atoms with Crippen LogP contribution in [-0.4, -0.2) is 58.7 Å². The summed E-state index contributed by atoms with van der Waals surface area (Å²) in [7, 11) is -3.92. The average molecular weight is 607 g/mol. The van der Waals surface area contributed by atoms with E-state index in [1.54, 1.807) is 49.4 Å². The molecule has 0 spiro atoms. The molecule has 0 aromatic heterocycles. The van der Waals surface area contributed by atoms with E-state index >= 15 is 0 Å². The van der Waals surface area contributed by atoms with Gasteiger partial charge >= 0.3 is 5.97 Å². The van der Waals surface area contributed by atoms with E-state index < -0.39 is 22.0 Å². The summed E-state index contributed by atoms with van der Waals surface area (Å²) in [6.45, 7) is 3.91. The molecule has 0 radical (unpaired) electrons. The zero-order valence-electron chi connectivity index (χ0n) is 24.1. The lowest BCUT2D eigenvalue weighted by atomic mass is 10.1. The molecule has 1 heterocycles. The van der Waals surface area contributed by atoms with Crippen molar-refractivity contribution in [2.24, 2.45) is 5.73 Å². The molecule has 4 rings (SSSR count). The van der Waals surface area contributed by atoms with E-state index in [0.717, 1.165) is 37.2 Å². The van der Waals surface area contributed by atoms with Crippen molar-refractivity contribution in [3.05, 3.63) is 95.6 Å². The third kappa shape index (κ3) is 9.95. The van der Waals surface area contributed by atoms with Gasteiger partial charge in [0.2, 0.25) is 10.0 Å². The normalized spacial score (nSPS) is 14.7. The second kappa shape index (κ2) is 15.3. The van der Waals surface area contributed by atoms with Gasteiger partial charge < -0.3 is 25.3 Å². The van der Waals surface area contributed by atoms with Gasteiger partial charge in [-0.25, -0.2) is 17.9 Å². The molecule has 1 aliphatic rings. The van der Waals surface area contributed by atoms with Crippen molar-refractivity contribution in [1.29, 1.82) is 5.41 Å². The molecule has 0 unspecified atom stereocenters. The number of ether oxygens (including phenoxy) is 3. The highest BCUT2D eigenvalue weighted by Gasteiger charge is 2.22. The molecule has 0 saturated carbocycles. The summed E-state index contributed by atoms with van der Waals surface area (Å²) in [5, 5.41) is 11.0. The van der Waals surface area contributed by atoms with Crippen molar-refractivity contribution in [3.8, 4) is 11.5 Å². The van der Waals surface area contributed by atoms with E-state index in [4.69, 9.17) is 25.4 Å². The third-order valence-electron chi connectivity index (χ3n) is 6.80. The van der Waals surface area contributed by atoms with E-state index in [1.807, 2.05) is 24.3 Å². The molecule has 10 nitrogen and oxygen atoms in total. The molecule has 1 atom stereocenters. The SMILES string of the molecule is CCOC(=O)C=Cc1ccc(S(=O)(=O)N[C@H](COc2cccc(C(=N)N)c2)Cc2ccc(OC3CCNCC3)cc2)cc1. The Hall–Kier alpha value is -4.19. The number of amidine groups is 1. The maximum Gasteiger partial charge on any atom is 0.330 e. The Morgan fingerprint density at radius 2 is 1.79 bits per heavy atom. The zero-order chi connectivity index (χ0) is 30.7. The van der Waals surface area contributed by atoms with Crippen LogP contribution < -0.4 is 25.2 Å². The number of carbonyl (C=O) groups is 1. The Morgan fingerprint density at radius 3 is 2.47 bits per heavy atom. The van der Waals surface area contributed by atoms with Crippen LogP contribution in [0.5, 0.6) is 11.5 Å². The summed E-state index contributed by atoms with van der Waals surface area (Å²) in [5.41, 5.74) is 7.69. The molecule has 1 fully saturated rings. The van der Waals surface area contributed by atoms with E-state index in [0.29, 0.717) is 23.3 Å². The monoisotopic (exact) mass is 606 g/mol. The summed E-state index contributed by atoms with van der Waals surface area (Å²) in [4.78, 5) is 11.7. The van der Waals surface area contributed by atoms with Gasteiger partial charge in [-0.05, 0) is 92.9 Å². The molecule has 228 valence electrons. The number of piperidine rings is 1. The summed E-state index contributed by atoms with van der Waals surface area (Å²) >= 11 is 0. The Balaban J connectivity index is 1.47. The first-order chi connectivity index (χ1) is 20.7. The molecule has 0 aliphatic carbocycles. The van der Waals surface area contributed by atoms with Gasteiger partial charge in [0.1, 0.15) is 30.0 Å². The van der Waals surface area contributed by atoms with Crippen LogP contribution in [-0.2, 0) is 26.0 Å². The number of nitrogens with one attached hydrogen (secondary N) is 3. The molecule has 1 aliphatic heterocycles. The zero-order valence-corrected chi connectivity index (χ0v) is 24.9. The minimum atomic E-state index is -3.92. The highest BCUT2D eigenvalue weighted by atomic mass is 32.2. The standard InChI is InChI=1S/C32H38N4O6S/c1-2-40-31(37)15-10-23-8-13-30(14-9-23)43(38,39)36-26(22-41-29-5-3-4-25(21-29)32(33)34)20-24-6-11-27(12-7-24)42-28-16-18-35-19-17-28/h3-15,21,26,28,35-36H,2,16-20,22H2,1H3,(H3,33,34)/t26-/m0/s1. The lowest BCUT2D eigenvalue weighted by Crippen LogP contribution is -2.40. The average Bonchev–Trinajstić information content (AvgIpc) is 3.01. The van der Waals surface area contributed by atoms with Crippen LogP contribution in [0, 0.1) is 5.41 Å². The van der Waals surface area contributed by atoms with E-state index in [1.165, 1.54) is 18.2 Å². The van der Waals surface area contributed by atoms with Crippen LogP contribution in [0.2, 0.25) is 0 Å². The number of esters is 1. The molecule has 0 amide bonds. The van der Waals surface area contributed by atoms with E-state index in [2.05, 4.69) is 10.0 Å². The fourth-order valence-corrected chi connectivity index (χ4v) is 5.80. The first kappa shape index (κ1) is 31.7. The molecular formula is C32H38N4O6S. The van der Waals surface area contributed by atoms with Crippen molar-refractivity contribution in [2.75, 3.05) is 26.3 Å². The number of benzene rings is 3. The topological polar surface area (TPSA) is 153 Å². The number of nitrogens with two attached hydrogens (primary N) is 1. The van der Waals surface area contributed by atoms with Crippen LogP contribution in [0.1, 0.15) is 36.5 Å². The highest BCUT2D eigenvalue weighted by molar-refractivity contribution is 7.89. The molecule has 3 aromatic carbocycles. The van der Waals surface area contributed by atoms with Crippen LogP contribution in [0.3, 0.4) is 0 Å². The second-order valence-corrected chi connectivity index (χ2v) is 11.9. The molecule has 1 saturated heterocycles. The maximum atomic E-state index is 13.4. The number of hydrogen-bond donors (Lipinski definition) is 4. The number of rotatable bonds is 14. The molecule has 3 aromatic rings. The highest BCUT2D eigenvalue weighted by Crippen LogP contribution is 2.20. The van der Waals surface area contributed by atoms with Gasteiger partial charge in [-0.2, -0.15) is 0 Å². The molecule has 5 N–H and O–H groups in total. The van der Waals surface area contributed by atoms with Crippen molar-refractivity contribution >= 4 is 27.9 Å². The van der Waals surface area contributed by atoms with Gasteiger partial charge in [0.15, 0.2) is 0 Å². The number of hydrogen-bond acceptors (Lipinski definition) is 8. The largest absolute Gasteiger partial charge is 0.492 e. The van der Waals surface area contributed by atoms with Crippen LogP contribution in [0.25, 0.3) is 6.08 Å². The van der Waals surface area contributed by atoms with Gasteiger partial charge in [-0.15, -0.1) is 0 Å². The van der Waals surface area contributed by atoms with Crippen molar-refractivity contribution in [3.63, 3.8) is 0 Å². The number of carbonyl (C=O) groups excluding carboxylic acids is 1. The van der Waals surface area contributed by atoms with Gasteiger partial charge in [-0.1, -0.05) is 36.4 Å². The smallest absolute Gasteiger partial charge is 0.330 e. The summed E-state index contributed by atoms with van der Waals surface area (Å²) in [6.07, 6.45) is 5.30. The lowest BCUT2D eigenvalue weighted by Gasteiger charge is -2.24. The van der Waals surface area contributed by atoms with Gasteiger partial charge in [0.05, 0.1) is 17.5 Å². The van der Waals surface area contributed by atoms with E-state index in [-0.39, 0.29) is 30.0 Å². The fourth-order valence-electron chi connectivity index (χ4n) is 4.58. The molecule has 0 bridgehead atoms. The first-order valence-electron chi connectivity index (χ1n) is 14.2. The molecular weight excluding hydrogens is 568 g/mol. The van der Waals surface area contributed by atoms with Gasteiger partial charge in [0, 0.05) is 11.6 Å². The predicted molar refractivity (Wildman–Crippen MR) is 166 cm³/mol. The maximum absolute atomic E-state index is 13.4. The van der Waals surface area contributed by atoms with Crippen molar-refractivity contribution in [2.45, 2.75) is 43.2 Å². The van der Waals surface area contributed by atoms with Gasteiger partial charge in [0.25, 0.3) is 0 Å². The lowest BCUT2D eigenvalue weighted by molar-refractivity contribution is -0.137. The van der Waals surface area contributed by atoms with Crippen LogP contribution in [0.15, 0.2) is 83.8 Å². The Labute approximate surface area is 252 Å². The predicted octanol–water partition coefficient (Wildman–Crippen LogP) is 3.65. The summed E-state index contributed by atoms with van der Waals surface area (Å²) < 4.78 is 46.5. The van der Waals surface area contributed by atoms with Crippen molar-refractivity contribution in [1.82, 2.24) is 10.0 Å². The van der Waals surface area contributed by atoms with Crippen LogP contribution in [0.4, 0.5) is 0 Å². The minimum Gasteiger partial charge on any atom is -0.492 e. The second-order valence-electron chi connectivity index (χ2n) is 10.1. The van der Waals surface area contributed by atoms with Crippen LogP contribution >= 0.6 is 0 Å². The molecule has 11 heteroatoms. The Kier molecular flexibility index (Phi) is 11.3. The van der Waals surface area contributed by atoms with Gasteiger partial charge in [-0.3, -0.25) is 5.41 Å². The molecule has 43 heavy (non-hydrogen) atoms. The Bertz CT molecular complexity index is 1500. The number of nitrogen functional groups attached to an aromatic ring is 1. The third-order valence-corrected chi connectivity index (χ3v) is 8.34. The summed E-state index contributed by atoms with van der Waals surface area (Å²) in [5.74, 6) is 0.695. The minimum absolute atomic E-state index is 0.0360. The first-order valence-corrected chi connectivity index (χ1v) is 15.7. The summed E-state index contributed by atoms with van der Waals surface area (Å²) in [6, 6.07) is 20.0. The Morgan fingerprint density at radius 1 is 1.07 bits per heavy atom. The van der Waals surface area contributed by atoms with Crippen molar-refractivity contribution < 1.29 is 27.4 Å². The fraction of sp³-hybridized carbons (Fsp3) is 0.312. The quantitative estimate of drug-likeness (QED) is 0.0939. The van der Waals surface area contributed by atoms with E-state index in [9.17, 15) is 13.2 Å².